The van der Waals surface area contributed by atoms with Gasteiger partial charge in [-0.05, 0) is 0 Å². The Morgan fingerprint density at radius 3 is 2.70 bits per heavy atom. The molecule has 1 aliphatic heterocycles. The zero-order valence-electron chi connectivity index (χ0n) is 10.8. The smallest absolute Gasteiger partial charge is 0.378 e. The molecule has 0 saturated carbocycles. The van der Waals surface area contributed by atoms with E-state index in [4.69, 9.17) is 4.74 Å². The fraction of sp³-hybridized carbons (Fsp3) is 0.636. The predicted molar refractivity (Wildman–Crippen MR) is 67.8 cm³/mol. The molecule has 5 nitrogen and oxygen atoms in total. The second-order valence-electron chi connectivity index (χ2n) is 4.36. The summed E-state index contributed by atoms with van der Waals surface area (Å²) in [7, 11) is 1.55. The van der Waals surface area contributed by atoms with E-state index in [-0.39, 0.29) is 17.6 Å². The number of halogens is 3. The maximum Gasteiger partial charge on any atom is 0.434 e. The van der Waals surface area contributed by atoms with Crippen LogP contribution in [-0.4, -0.2) is 55.7 Å². The summed E-state index contributed by atoms with van der Waals surface area (Å²) in [6.07, 6.45) is -4.45. The van der Waals surface area contributed by atoms with Gasteiger partial charge >= 0.3 is 6.18 Å². The van der Waals surface area contributed by atoms with Crippen LogP contribution in [0.15, 0.2) is 5.38 Å². The molecule has 1 aliphatic rings. The number of hydrogen-bond donors (Lipinski definition) is 0. The number of amides is 1. The third-order valence-corrected chi connectivity index (χ3v) is 3.80. The zero-order chi connectivity index (χ0) is 14.8. The topological polar surface area (TPSA) is 45.7 Å². The molecule has 2 heterocycles. The van der Waals surface area contributed by atoms with Gasteiger partial charge < -0.3 is 14.5 Å². The molecule has 0 aliphatic carbocycles. The molecular formula is C11H14F3N3O2S. The standard InChI is InChI=1S/C11H14F3N3O2S/c1-16(6-9(18)17-2-4-19-5-3-17)10-15-8(7-20-10)11(12,13)14/h7H,2-6H2,1H3. The third-order valence-electron chi connectivity index (χ3n) is 2.85. The number of aromatic nitrogens is 1. The van der Waals surface area contributed by atoms with Crippen molar-refractivity contribution in [3.05, 3.63) is 11.1 Å². The molecule has 0 radical (unpaired) electrons. The first kappa shape index (κ1) is 15.0. The normalized spacial score (nSPS) is 16.3. The molecule has 112 valence electrons. The molecular weight excluding hydrogens is 295 g/mol. The number of thiazole rings is 1. The minimum absolute atomic E-state index is 0.00477. The maximum atomic E-state index is 12.5. The summed E-state index contributed by atoms with van der Waals surface area (Å²) < 4.78 is 42.5. The Balaban J connectivity index is 1.95. The molecule has 0 aromatic carbocycles. The first-order valence-electron chi connectivity index (χ1n) is 5.97. The van der Waals surface area contributed by atoms with E-state index in [1.807, 2.05) is 0 Å². The molecule has 0 unspecified atom stereocenters. The van der Waals surface area contributed by atoms with Crippen LogP contribution in [0.5, 0.6) is 0 Å². The highest BCUT2D eigenvalue weighted by Crippen LogP contribution is 2.32. The quantitative estimate of drug-likeness (QED) is 0.848. The van der Waals surface area contributed by atoms with E-state index in [0.717, 1.165) is 16.7 Å². The Labute approximate surface area is 117 Å². The number of carbonyl (C=O) groups excluding carboxylic acids is 1. The van der Waals surface area contributed by atoms with E-state index in [0.29, 0.717) is 26.3 Å². The SMILES string of the molecule is CN(CC(=O)N1CCOCC1)c1nc(C(F)(F)F)cs1. The van der Waals surface area contributed by atoms with Crippen molar-refractivity contribution in [2.24, 2.45) is 0 Å². The van der Waals surface area contributed by atoms with Gasteiger partial charge in [0.2, 0.25) is 5.91 Å². The fourth-order valence-electron chi connectivity index (χ4n) is 1.75. The van der Waals surface area contributed by atoms with Crippen LogP contribution in [0.3, 0.4) is 0 Å². The molecule has 9 heteroatoms. The lowest BCUT2D eigenvalue weighted by Gasteiger charge is -2.28. The lowest BCUT2D eigenvalue weighted by atomic mass is 10.4. The van der Waals surface area contributed by atoms with Crippen molar-refractivity contribution in [2.45, 2.75) is 6.18 Å². The Kier molecular flexibility index (Phi) is 4.48. The number of rotatable bonds is 3. The molecule has 1 saturated heterocycles. The van der Waals surface area contributed by atoms with E-state index >= 15 is 0 Å². The third kappa shape index (κ3) is 3.60. The number of hydrogen-bond acceptors (Lipinski definition) is 5. The summed E-state index contributed by atoms with van der Waals surface area (Å²) in [5.41, 5.74) is -0.928. The molecule has 1 fully saturated rings. The lowest BCUT2D eigenvalue weighted by molar-refractivity contribution is -0.140. The predicted octanol–water partition coefficient (Wildman–Crippen LogP) is 1.46. The van der Waals surface area contributed by atoms with Gasteiger partial charge in [0.1, 0.15) is 0 Å². The van der Waals surface area contributed by atoms with Crippen LogP contribution >= 0.6 is 11.3 Å². The summed E-state index contributed by atoms with van der Waals surface area (Å²) in [5.74, 6) is -0.139. The van der Waals surface area contributed by atoms with Crippen LogP contribution in [-0.2, 0) is 15.7 Å². The summed E-state index contributed by atoms with van der Waals surface area (Å²) in [5, 5.41) is 1.13. The zero-order valence-corrected chi connectivity index (χ0v) is 11.6. The summed E-state index contributed by atoms with van der Waals surface area (Å²) >= 11 is 0.873. The number of morpholine rings is 1. The summed E-state index contributed by atoms with van der Waals surface area (Å²) in [4.78, 5) is 18.5. The van der Waals surface area contributed by atoms with E-state index in [2.05, 4.69) is 4.98 Å². The molecule has 1 amide bonds. The minimum Gasteiger partial charge on any atom is -0.378 e. The van der Waals surface area contributed by atoms with Crippen LogP contribution in [0, 0.1) is 0 Å². The second-order valence-corrected chi connectivity index (χ2v) is 5.20. The number of likely N-dealkylation sites (N-methyl/N-ethyl adjacent to an activating group) is 1. The van der Waals surface area contributed by atoms with E-state index in [1.165, 1.54) is 4.90 Å². The highest BCUT2D eigenvalue weighted by Gasteiger charge is 2.34. The Morgan fingerprint density at radius 2 is 2.15 bits per heavy atom. The fourth-order valence-corrected chi connectivity index (χ4v) is 2.55. The maximum absolute atomic E-state index is 12.5. The monoisotopic (exact) mass is 309 g/mol. The van der Waals surface area contributed by atoms with Crippen molar-refractivity contribution in [3.8, 4) is 0 Å². The summed E-state index contributed by atoms with van der Waals surface area (Å²) in [6.45, 7) is 2.01. The van der Waals surface area contributed by atoms with E-state index < -0.39 is 11.9 Å². The van der Waals surface area contributed by atoms with Gasteiger partial charge in [-0.2, -0.15) is 13.2 Å². The van der Waals surface area contributed by atoms with Gasteiger partial charge in [0.05, 0.1) is 19.8 Å². The molecule has 20 heavy (non-hydrogen) atoms. The first-order chi connectivity index (χ1) is 9.38. The van der Waals surface area contributed by atoms with Crippen LogP contribution < -0.4 is 4.90 Å². The van der Waals surface area contributed by atoms with Gasteiger partial charge in [-0.1, -0.05) is 0 Å². The van der Waals surface area contributed by atoms with Crippen molar-refractivity contribution < 1.29 is 22.7 Å². The molecule has 0 bridgehead atoms. The highest BCUT2D eigenvalue weighted by molar-refractivity contribution is 7.13. The number of nitrogens with zero attached hydrogens (tertiary/aromatic N) is 3. The Hall–Kier alpha value is -1.35. The largest absolute Gasteiger partial charge is 0.434 e. The van der Waals surface area contributed by atoms with Gasteiger partial charge in [-0.15, -0.1) is 11.3 Å². The van der Waals surface area contributed by atoms with Crippen LogP contribution in [0.1, 0.15) is 5.69 Å². The first-order valence-corrected chi connectivity index (χ1v) is 6.85. The number of anilines is 1. The van der Waals surface area contributed by atoms with Crippen LogP contribution in [0.25, 0.3) is 0 Å². The number of ether oxygens (including phenoxy) is 1. The van der Waals surface area contributed by atoms with E-state index in [9.17, 15) is 18.0 Å². The number of carbonyl (C=O) groups is 1. The van der Waals surface area contributed by atoms with E-state index in [1.54, 1.807) is 11.9 Å². The minimum atomic E-state index is -4.45. The van der Waals surface area contributed by atoms with Gasteiger partial charge in [-0.3, -0.25) is 4.79 Å². The second kappa shape index (κ2) is 5.96. The average Bonchev–Trinajstić information content (AvgIpc) is 2.89. The number of alkyl halides is 3. The Bertz CT molecular complexity index is 472. The van der Waals surface area contributed by atoms with Crippen molar-refractivity contribution >= 4 is 22.4 Å². The van der Waals surface area contributed by atoms with Crippen LogP contribution in [0.4, 0.5) is 18.3 Å². The van der Waals surface area contributed by atoms with Gasteiger partial charge in [0, 0.05) is 25.5 Å². The van der Waals surface area contributed by atoms with Gasteiger partial charge in [0.25, 0.3) is 0 Å². The molecule has 1 aromatic heterocycles. The van der Waals surface area contributed by atoms with Crippen molar-refractivity contribution in [1.82, 2.24) is 9.88 Å². The van der Waals surface area contributed by atoms with Crippen molar-refractivity contribution in [1.29, 1.82) is 0 Å². The molecule has 0 atom stereocenters. The molecule has 1 aromatic rings. The van der Waals surface area contributed by atoms with Crippen molar-refractivity contribution in [3.63, 3.8) is 0 Å². The highest BCUT2D eigenvalue weighted by atomic mass is 32.1. The molecule has 0 N–H and O–H groups in total. The Morgan fingerprint density at radius 1 is 1.50 bits per heavy atom. The average molecular weight is 309 g/mol. The summed E-state index contributed by atoms with van der Waals surface area (Å²) in [6, 6.07) is 0. The molecule has 0 spiro atoms. The molecule has 2 rings (SSSR count). The van der Waals surface area contributed by atoms with Gasteiger partial charge in [0.15, 0.2) is 10.8 Å². The lowest BCUT2D eigenvalue weighted by Crippen LogP contribution is -2.45. The van der Waals surface area contributed by atoms with Gasteiger partial charge in [-0.25, -0.2) is 4.98 Å². The van der Waals surface area contributed by atoms with Crippen molar-refractivity contribution in [2.75, 3.05) is 44.8 Å². The van der Waals surface area contributed by atoms with Crippen LogP contribution in [0.2, 0.25) is 0 Å².